The van der Waals surface area contributed by atoms with Gasteiger partial charge in [-0.1, -0.05) is 81.4 Å². The van der Waals surface area contributed by atoms with Gasteiger partial charge in [0.15, 0.2) is 6.29 Å². The zero-order valence-corrected chi connectivity index (χ0v) is 26.7. The Kier molecular flexibility index (Phi) is 11.0. The number of pyridine rings is 1. The van der Waals surface area contributed by atoms with E-state index in [1.165, 1.54) is 0 Å². The lowest BCUT2D eigenvalue weighted by molar-refractivity contribution is -0.130. The Balaban J connectivity index is 1.33. The number of hydrogen-bond donors (Lipinski definition) is 4. The third kappa shape index (κ3) is 8.89. The fourth-order valence-electron chi connectivity index (χ4n) is 5.70. The number of carbonyl (C=O) groups excluding carboxylic acids is 2. The van der Waals surface area contributed by atoms with Gasteiger partial charge < -0.3 is 30.4 Å². The first-order valence-corrected chi connectivity index (χ1v) is 15.8. The molecule has 1 aromatic heterocycles. The fraction of sp³-hybridized carbons (Fsp3) is 0.457. The minimum Gasteiger partial charge on any atom is -0.443 e. The van der Waals surface area contributed by atoms with Gasteiger partial charge in [0.2, 0.25) is 0 Å². The van der Waals surface area contributed by atoms with Crippen LogP contribution in [0.4, 0.5) is 4.79 Å². The molecule has 5 rings (SSSR count). The topological polar surface area (TPSA) is 148 Å². The highest BCUT2D eigenvalue weighted by molar-refractivity contribution is 5.81. The predicted octanol–water partition coefficient (Wildman–Crippen LogP) is 3.42. The zero-order chi connectivity index (χ0) is 32.7. The number of benzene rings is 2. The van der Waals surface area contributed by atoms with Crippen molar-refractivity contribution in [2.45, 2.75) is 70.7 Å². The monoisotopic (exact) mass is 631 g/mol. The van der Waals surface area contributed by atoms with Crippen molar-refractivity contribution >= 4 is 12.0 Å². The number of fused-ring (bicyclic) bond motifs is 1. The molecule has 2 saturated heterocycles. The molecule has 0 aliphatic carbocycles. The maximum absolute atomic E-state index is 13.2. The molecule has 46 heavy (non-hydrogen) atoms. The molecule has 5 N–H and O–H groups in total. The number of ether oxygens (including phenoxy) is 3. The maximum atomic E-state index is 13.2. The Labute approximate surface area is 270 Å². The van der Waals surface area contributed by atoms with E-state index in [2.05, 4.69) is 15.7 Å². The van der Waals surface area contributed by atoms with Gasteiger partial charge in [-0.15, -0.1) is 0 Å². The summed E-state index contributed by atoms with van der Waals surface area (Å²) in [6, 6.07) is 19.9. The number of nitrogens with one attached hydrogen (secondary N) is 2. The Bertz CT molecular complexity index is 1420. The van der Waals surface area contributed by atoms with Gasteiger partial charge >= 0.3 is 6.09 Å². The number of alkyl carbamates (subject to hydrolysis) is 1. The molecule has 11 heteroatoms. The van der Waals surface area contributed by atoms with Crippen LogP contribution >= 0.6 is 0 Å². The largest absolute Gasteiger partial charge is 0.443 e. The van der Waals surface area contributed by atoms with Crippen LogP contribution in [0.15, 0.2) is 79.1 Å². The summed E-state index contributed by atoms with van der Waals surface area (Å²) >= 11 is 0. The molecule has 246 valence electrons. The molecule has 6 unspecified atom stereocenters. The van der Waals surface area contributed by atoms with E-state index >= 15 is 0 Å². The van der Waals surface area contributed by atoms with Crippen LogP contribution in [0.3, 0.4) is 0 Å². The van der Waals surface area contributed by atoms with E-state index in [1.807, 2.05) is 87.5 Å². The lowest BCUT2D eigenvalue weighted by atomic mass is 9.87. The van der Waals surface area contributed by atoms with Crippen LogP contribution in [0.5, 0.6) is 0 Å². The average molecular weight is 632 g/mol. The summed E-state index contributed by atoms with van der Waals surface area (Å²) in [5.41, 5.74) is 12.5. The first-order chi connectivity index (χ1) is 22.1. The Hall–Kier alpha value is -3.87. The molecule has 3 heterocycles. The number of hydrazine groups is 1. The number of aromatic nitrogens is 1. The van der Waals surface area contributed by atoms with Gasteiger partial charge in [0, 0.05) is 25.5 Å². The van der Waals surface area contributed by atoms with Gasteiger partial charge in [-0.2, -0.15) is 0 Å². The predicted molar refractivity (Wildman–Crippen MR) is 173 cm³/mol. The van der Waals surface area contributed by atoms with Crippen LogP contribution in [0.2, 0.25) is 0 Å². The summed E-state index contributed by atoms with van der Waals surface area (Å²) in [4.78, 5) is 30.6. The number of rotatable bonds is 12. The average Bonchev–Trinajstić information content (AvgIpc) is 3.66. The van der Waals surface area contributed by atoms with Gasteiger partial charge in [0.25, 0.3) is 5.91 Å². The molecule has 0 saturated carbocycles. The Morgan fingerprint density at radius 1 is 1.04 bits per heavy atom. The van der Waals surface area contributed by atoms with E-state index in [4.69, 9.17) is 19.9 Å². The smallest absolute Gasteiger partial charge is 0.407 e. The molecule has 2 aromatic carbocycles. The van der Waals surface area contributed by atoms with Gasteiger partial charge in [-0.25, -0.2) is 9.80 Å². The number of aliphatic hydroxyl groups is 1. The number of amides is 2. The Morgan fingerprint density at radius 2 is 1.80 bits per heavy atom. The van der Waals surface area contributed by atoms with E-state index in [0.29, 0.717) is 19.6 Å². The summed E-state index contributed by atoms with van der Waals surface area (Å²) in [5.74, 6) is -0.377. The van der Waals surface area contributed by atoms with Crippen LogP contribution in [0, 0.1) is 11.3 Å². The van der Waals surface area contributed by atoms with Gasteiger partial charge in [0.05, 0.1) is 37.3 Å². The van der Waals surface area contributed by atoms with Crippen molar-refractivity contribution in [3.05, 3.63) is 90.3 Å². The van der Waals surface area contributed by atoms with Crippen molar-refractivity contribution in [3.8, 4) is 11.1 Å². The highest BCUT2D eigenvalue weighted by Gasteiger charge is 2.44. The summed E-state index contributed by atoms with van der Waals surface area (Å²) in [6.07, 6.45) is 2.06. The summed E-state index contributed by atoms with van der Waals surface area (Å²) < 4.78 is 17.0. The van der Waals surface area contributed by atoms with E-state index in [-0.39, 0.29) is 31.3 Å². The van der Waals surface area contributed by atoms with Crippen molar-refractivity contribution in [2.75, 3.05) is 19.8 Å². The van der Waals surface area contributed by atoms with Crippen LogP contribution < -0.4 is 16.5 Å². The van der Waals surface area contributed by atoms with Crippen LogP contribution in [0.1, 0.15) is 38.3 Å². The molecule has 2 aliphatic heterocycles. The van der Waals surface area contributed by atoms with E-state index in [9.17, 15) is 14.7 Å². The highest BCUT2D eigenvalue weighted by Crippen LogP contribution is 2.33. The first kappa shape index (κ1) is 33.5. The molecule has 2 fully saturated rings. The third-order valence-corrected chi connectivity index (χ3v) is 8.52. The third-order valence-electron chi connectivity index (χ3n) is 8.52. The maximum Gasteiger partial charge on any atom is 0.407 e. The summed E-state index contributed by atoms with van der Waals surface area (Å²) in [5, 5.41) is 16.2. The van der Waals surface area contributed by atoms with Crippen molar-refractivity contribution in [1.82, 2.24) is 20.7 Å². The van der Waals surface area contributed by atoms with Crippen LogP contribution in [-0.2, 0) is 32.0 Å². The number of nitrogens with two attached hydrogens (primary N) is 1. The molecule has 0 bridgehead atoms. The minimum absolute atomic E-state index is 0.0152. The molecular formula is C35H45N5O6. The van der Waals surface area contributed by atoms with Crippen LogP contribution in [-0.4, -0.2) is 77.4 Å². The molecule has 2 amide bonds. The number of hydrogen-bond acceptors (Lipinski definition) is 9. The molecule has 2 aliphatic rings. The highest BCUT2D eigenvalue weighted by atomic mass is 16.7. The summed E-state index contributed by atoms with van der Waals surface area (Å²) in [6.45, 7) is 6.85. The normalized spacial score (nSPS) is 21.3. The van der Waals surface area contributed by atoms with Gasteiger partial charge in [0.1, 0.15) is 6.10 Å². The fourth-order valence-corrected chi connectivity index (χ4v) is 5.70. The number of aliphatic hydroxyl groups excluding tert-OH is 1. The first-order valence-electron chi connectivity index (χ1n) is 15.8. The molecule has 0 radical (unpaired) electrons. The lowest BCUT2D eigenvalue weighted by Crippen LogP contribution is -2.57. The van der Waals surface area contributed by atoms with Crippen LogP contribution in [0.25, 0.3) is 11.1 Å². The van der Waals surface area contributed by atoms with Crippen molar-refractivity contribution in [3.63, 3.8) is 0 Å². The van der Waals surface area contributed by atoms with Gasteiger partial charge in [-0.3, -0.25) is 15.2 Å². The van der Waals surface area contributed by atoms with E-state index in [1.54, 1.807) is 17.4 Å². The number of carbonyl (C=O) groups is 2. The molecule has 3 aromatic rings. The van der Waals surface area contributed by atoms with E-state index in [0.717, 1.165) is 28.7 Å². The van der Waals surface area contributed by atoms with E-state index < -0.39 is 35.8 Å². The van der Waals surface area contributed by atoms with Crippen molar-refractivity contribution in [2.24, 2.45) is 17.1 Å². The van der Waals surface area contributed by atoms with Crippen molar-refractivity contribution < 1.29 is 28.9 Å². The SMILES string of the molecule is CC(C)(C)C(N)C(=O)NN(Cc1ccccc1)CC(O)C(Cc1ccc(-c2cccnc2)cc1)NC(=O)OC1COC2OCCC12. The second-order valence-electron chi connectivity index (χ2n) is 13.1. The Morgan fingerprint density at radius 3 is 2.50 bits per heavy atom. The minimum atomic E-state index is -1.09. The number of nitrogens with zero attached hydrogens (tertiary/aromatic N) is 2. The second-order valence-corrected chi connectivity index (χ2v) is 13.1. The molecule has 0 spiro atoms. The van der Waals surface area contributed by atoms with Crippen molar-refractivity contribution in [1.29, 1.82) is 0 Å². The quantitative estimate of drug-likeness (QED) is 0.221. The van der Waals surface area contributed by atoms with Gasteiger partial charge in [-0.05, 0) is 46.6 Å². The molecular weight excluding hydrogens is 586 g/mol. The molecule has 11 nitrogen and oxygen atoms in total. The standard InChI is InChI=1S/C35H45N5O6/c1-35(2,3)31(36)32(42)39-40(20-24-8-5-4-6-9-24)21-29(41)28(38-34(43)46-30-22-45-33-27(30)15-17-44-33)18-23-11-13-25(14-12-23)26-10-7-16-37-19-26/h4-14,16,19,27-31,33,41H,15,17-18,20-22,36H2,1-3H3,(H,38,43)(H,39,42). The lowest BCUT2D eigenvalue weighted by Gasteiger charge is -2.33. The molecule has 6 atom stereocenters. The summed E-state index contributed by atoms with van der Waals surface area (Å²) in [7, 11) is 0. The zero-order valence-electron chi connectivity index (χ0n) is 26.7. The second kappa shape index (κ2) is 15.1.